The predicted octanol–water partition coefficient (Wildman–Crippen LogP) is 3.77. The molecule has 0 fully saturated rings. The molecule has 0 spiro atoms. The molecule has 28 heavy (non-hydrogen) atoms. The summed E-state index contributed by atoms with van der Waals surface area (Å²) >= 11 is 0. The van der Waals surface area contributed by atoms with E-state index in [4.69, 9.17) is 9.47 Å². The van der Waals surface area contributed by atoms with E-state index >= 15 is 0 Å². The Labute approximate surface area is 166 Å². The van der Waals surface area contributed by atoms with Crippen LogP contribution in [0.15, 0.2) is 24.3 Å². The van der Waals surface area contributed by atoms with Crippen LogP contribution in [0.1, 0.15) is 41.2 Å². The molecule has 2 aromatic rings. The van der Waals surface area contributed by atoms with Crippen LogP contribution >= 0.6 is 0 Å². The number of nitrogens with one attached hydrogen (secondary N) is 1. The number of rotatable bonds is 5. The highest BCUT2D eigenvalue weighted by molar-refractivity contribution is 5.85. The third-order valence-corrected chi connectivity index (χ3v) is 5.86. The SMILES string of the molecule is COc1ccc(CCNC(=O)C2(C)CCc3c(C)c(O)c(C)c(C)c3O2)cc1. The summed E-state index contributed by atoms with van der Waals surface area (Å²) in [4.78, 5) is 12.9. The zero-order valence-corrected chi connectivity index (χ0v) is 17.3. The van der Waals surface area contributed by atoms with Gasteiger partial charge >= 0.3 is 0 Å². The fraction of sp³-hybridized carbons (Fsp3) is 0.435. The Morgan fingerprint density at radius 3 is 2.50 bits per heavy atom. The summed E-state index contributed by atoms with van der Waals surface area (Å²) in [6.45, 7) is 8.10. The van der Waals surface area contributed by atoms with Gasteiger partial charge in [-0.15, -0.1) is 0 Å². The first-order valence-corrected chi connectivity index (χ1v) is 9.68. The Bertz CT molecular complexity index is 889. The monoisotopic (exact) mass is 383 g/mol. The molecule has 150 valence electrons. The first-order chi connectivity index (χ1) is 13.3. The van der Waals surface area contributed by atoms with Crippen LogP contribution in [0.25, 0.3) is 0 Å². The third kappa shape index (κ3) is 3.66. The van der Waals surface area contributed by atoms with Crippen LogP contribution in [0.5, 0.6) is 17.2 Å². The summed E-state index contributed by atoms with van der Waals surface area (Å²) in [6, 6.07) is 7.84. The standard InChI is InChI=1S/C23H29NO4/c1-14-15(2)21-19(16(3)20(14)25)10-12-23(4,28-21)22(26)24-13-11-17-6-8-18(27-5)9-7-17/h6-9,25H,10-13H2,1-5H3,(H,24,26). The number of ether oxygens (including phenoxy) is 2. The van der Waals surface area contributed by atoms with Gasteiger partial charge in [0.25, 0.3) is 5.91 Å². The van der Waals surface area contributed by atoms with Crippen molar-refractivity contribution in [3.05, 3.63) is 52.1 Å². The van der Waals surface area contributed by atoms with E-state index in [1.807, 2.05) is 52.0 Å². The normalized spacial score (nSPS) is 18.2. The minimum Gasteiger partial charge on any atom is -0.507 e. The number of fused-ring (bicyclic) bond motifs is 1. The van der Waals surface area contributed by atoms with Gasteiger partial charge in [0, 0.05) is 18.5 Å². The lowest BCUT2D eigenvalue weighted by Gasteiger charge is -2.36. The molecule has 0 aromatic heterocycles. The summed E-state index contributed by atoms with van der Waals surface area (Å²) in [5.41, 5.74) is 3.78. The molecule has 0 bridgehead atoms. The first-order valence-electron chi connectivity index (χ1n) is 9.68. The van der Waals surface area contributed by atoms with Gasteiger partial charge in [-0.2, -0.15) is 0 Å². The van der Waals surface area contributed by atoms with Gasteiger partial charge in [0.15, 0.2) is 5.60 Å². The molecule has 1 aliphatic heterocycles. The number of hydrogen-bond acceptors (Lipinski definition) is 4. The second-order valence-corrected chi connectivity index (χ2v) is 7.72. The van der Waals surface area contributed by atoms with Crippen molar-refractivity contribution in [2.75, 3.05) is 13.7 Å². The summed E-state index contributed by atoms with van der Waals surface area (Å²) in [5, 5.41) is 13.3. The molecule has 2 N–H and O–H groups in total. The maximum absolute atomic E-state index is 12.9. The molecule has 5 nitrogen and oxygen atoms in total. The molecule has 2 aromatic carbocycles. The summed E-state index contributed by atoms with van der Waals surface area (Å²) in [7, 11) is 1.64. The van der Waals surface area contributed by atoms with Gasteiger partial charge in [-0.3, -0.25) is 4.79 Å². The van der Waals surface area contributed by atoms with Crippen molar-refractivity contribution in [2.45, 2.75) is 52.6 Å². The molecule has 3 rings (SSSR count). The number of aromatic hydroxyl groups is 1. The van der Waals surface area contributed by atoms with E-state index < -0.39 is 5.60 Å². The van der Waals surface area contributed by atoms with E-state index in [0.717, 1.165) is 45.7 Å². The summed E-state index contributed by atoms with van der Waals surface area (Å²) < 4.78 is 11.4. The fourth-order valence-corrected chi connectivity index (χ4v) is 3.71. The van der Waals surface area contributed by atoms with E-state index in [2.05, 4.69) is 5.32 Å². The van der Waals surface area contributed by atoms with Crippen LogP contribution in [-0.4, -0.2) is 30.3 Å². The van der Waals surface area contributed by atoms with E-state index in [1.165, 1.54) is 0 Å². The predicted molar refractivity (Wildman–Crippen MR) is 109 cm³/mol. The maximum atomic E-state index is 12.9. The van der Waals surface area contributed by atoms with Crippen LogP contribution in [0, 0.1) is 20.8 Å². The second-order valence-electron chi connectivity index (χ2n) is 7.72. The number of phenolic OH excluding ortho intramolecular Hbond substituents is 1. The minimum atomic E-state index is -0.909. The lowest BCUT2D eigenvalue weighted by molar-refractivity contribution is -0.136. The van der Waals surface area contributed by atoms with E-state index in [9.17, 15) is 9.90 Å². The van der Waals surface area contributed by atoms with Crippen molar-refractivity contribution >= 4 is 5.91 Å². The van der Waals surface area contributed by atoms with Crippen molar-refractivity contribution < 1.29 is 19.4 Å². The van der Waals surface area contributed by atoms with Crippen LogP contribution in [0.3, 0.4) is 0 Å². The quantitative estimate of drug-likeness (QED) is 0.825. The van der Waals surface area contributed by atoms with Crippen molar-refractivity contribution in [3.8, 4) is 17.2 Å². The molecular weight excluding hydrogens is 354 g/mol. The lowest BCUT2D eigenvalue weighted by Crippen LogP contribution is -2.51. The van der Waals surface area contributed by atoms with E-state index in [1.54, 1.807) is 7.11 Å². The highest BCUT2D eigenvalue weighted by atomic mass is 16.5. The third-order valence-electron chi connectivity index (χ3n) is 5.86. The Balaban J connectivity index is 1.67. The van der Waals surface area contributed by atoms with Crippen LogP contribution in [-0.2, 0) is 17.6 Å². The van der Waals surface area contributed by atoms with Crippen molar-refractivity contribution in [2.24, 2.45) is 0 Å². The Kier molecular flexibility index (Phi) is 5.54. The van der Waals surface area contributed by atoms with Gasteiger partial charge in [-0.05, 0) is 74.9 Å². The van der Waals surface area contributed by atoms with Gasteiger partial charge in [-0.1, -0.05) is 12.1 Å². The second kappa shape index (κ2) is 7.74. The van der Waals surface area contributed by atoms with E-state index in [0.29, 0.717) is 25.1 Å². The van der Waals surface area contributed by atoms with Gasteiger partial charge in [-0.25, -0.2) is 0 Å². The van der Waals surface area contributed by atoms with Crippen LogP contribution in [0.2, 0.25) is 0 Å². The Hall–Kier alpha value is -2.69. The molecular formula is C23H29NO4. The van der Waals surface area contributed by atoms with Crippen LogP contribution < -0.4 is 14.8 Å². The highest BCUT2D eigenvalue weighted by Gasteiger charge is 2.40. The summed E-state index contributed by atoms with van der Waals surface area (Å²) in [6.07, 6.45) is 2.03. The topological polar surface area (TPSA) is 67.8 Å². The number of carbonyl (C=O) groups excluding carboxylic acids is 1. The minimum absolute atomic E-state index is 0.102. The molecule has 1 unspecified atom stereocenters. The molecule has 5 heteroatoms. The number of benzene rings is 2. The average molecular weight is 383 g/mol. The fourth-order valence-electron chi connectivity index (χ4n) is 3.71. The number of methoxy groups -OCH3 is 1. The van der Waals surface area contributed by atoms with Gasteiger partial charge in [0.05, 0.1) is 7.11 Å². The molecule has 0 saturated carbocycles. The Morgan fingerprint density at radius 2 is 1.86 bits per heavy atom. The van der Waals surface area contributed by atoms with E-state index in [-0.39, 0.29) is 5.91 Å². The molecule has 0 aliphatic carbocycles. The molecule has 1 heterocycles. The highest BCUT2D eigenvalue weighted by Crippen LogP contribution is 2.43. The van der Waals surface area contributed by atoms with Crippen molar-refractivity contribution in [1.82, 2.24) is 5.32 Å². The molecule has 1 atom stereocenters. The lowest BCUT2D eigenvalue weighted by atomic mass is 9.86. The maximum Gasteiger partial charge on any atom is 0.263 e. The van der Waals surface area contributed by atoms with Gasteiger partial charge in [0.1, 0.15) is 17.2 Å². The zero-order chi connectivity index (χ0) is 20.5. The average Bonchev–Trinajstić information content (AvgIpc) is 2.71. The summed E-state index contributed by atoms with van der Waals surface area (Å²) in [5.74, 6) is 1.79. The zero-order valence-electron chi connectivity index (χ0n) is 17.3. The number of hydrogen-bond donors (Lipinski definition) is 2. The Morgan fingerprint density at radius 1 is 1.18 bits per heavy atom. The smallest absolute Gasteiger partial charge is 0.263 e. The van der Waals surface area contributed by atoms with Gasteiger partial charge < -0.3 is 19.9 Å². The number of phenols is 1. The van der Waals surface area contributed by atoms with Crippen LogP contribution in [0.4, 0.5) is 0 Å². The largest absolute Gasteiger partial charge is 0.507 e. The van der Waals surface area contributed by atoms with Gasteiger partial charge in [0.2, 0.25) is 0 Å². The number of carbonyl (C=O) groups is 1. The first kappa shape index (κ1) is 20.1. The molecule has 1 amide bonds. The molecule has 1 aliphatic rings. The van der Waals surface area contributed by atoms with Crippen molar-refractivity contribution in [3.63, 3.8) is 0 Å². The molecule has 0 saturated heterocycles. The molecule has 0 radical (unpaired) electrons. The van der Waals surface area contributed by atoms with Crippen molar-refractivity contribution in [1.29, 1.82) is 0 Å². The number of amides is 1.